The van der Waals surface area contributed by atoms with E-state index in [4.69, 9.17) is 17.3 Å². The van der Waals surface area contributed by atoms with Gasteiger partial charge in [0.1, 0.15) is 0 Å². The predicted octanol–water partition coefficient (Wildman–Crippen LogP) is 3.08. The van der Waals surface area contributed by atoms with Crippen molar-refractivity contribution in [3.63, 3.8) is 0 Å². The third-order valence-electron chi connectivity index (χ3n) is 2.75. The molecule has 2 aromatic rings. The minimum atomic E-state index is -0.348. The SMILES string of the molecule is C/C(=N\NC(=O)c1ccccc1Cl)c1cccc(N)c1. The molecule has 0 spiro atoms. The van der Waals surface area contributed by atoms with E-state index < -0.39 is 0 Å². The molecular formula is C15H14ClN3O. The Morgan fingerprint density at radius 2 is 1.95 bits per heavy atom. The third-order valence-corrected chi connectivity index (χ3v) is 3.08. The number of benzene rings is 2. The summed E-state index contributed by atoms with van der Waals surface area (Å²) in [6, 6.07) is 14.1. The smallest absolute Gasteiger partial charge is 0.272 e. The number of anilines is 1. The lowest BCUT2D eigenvalue weighted by Crippen LogP contribution is -2.19. The zero-order valence-corrected chi connectivity index (χ0v) is 11.7. The minimum Gasteiger partial charge on any atom is -0.399 e. The van der Waals surface area contributed by atoms with Crippen molar-refractivity contribution in [3.8, 4) is 0 Å². The van der Waals surface area contributed by atoms with Crippen LogP contribution in [-0.2, 0) is 0 Å². The largest absolute Gasteiger partial charge is 0.399 e. The van der Waals surface area contributed by atoms with Crippen LogP contribution in [0.2, 0.25) is 5.02 Å². The normalized spacial score (nSPS) is 11.2. The van der Waals surface area contributed by atoms with Crippen molar-refractivity contribution < 1.29 is 4.79 Å². The van der Waals surface area contributed by atoms with E-state index in [0.717, 1.165) is 5.56 Å². The molecule has 0 saturated carbocycles. The number of nitrogens with two attached hydrogens (primary N) is 1. The Kier molecular flexibility index (Phi) is 4.38. The molecule has 1 amide bonds. The zero-order valence-electron chi connectivity index (χ0n) is 10.9. The fraction of sp³-hybridized carbons (Fsp3) is 0.0667. The highest BCUT2D eigenvalue weighted by Crippen LogP contribution is 2.14. The monoisotopic (exact) mass is 287 g/mol. The second-order valence-electron chi connectivity index (χ2n) is 4.24. The number of carbonyl (C=O) groups is 1. The summed E-state index contributed by atoms with van der Waals surface area (Å²) >= 11 is 5.95. The molecule has 3 N–H and O–H groups in total. The lowest BCUT2D eigenvalue weighted by molar-refractivity contribution is 0.0955. The molecule has 20 heavy (non-hydrogen) atoms. The lowest BCUT2D eigenvalue weighted by Gasteiger charge is -2.05. The van der Waals surface area contributed by atoms with Crippen LogP contribution in [0.3, 0.4) is 0 Å². The second-order valence-corrected chi connectivity index (χ2v) is 4.65. The fourth-order valence-electron chi connectivity index (χ4n) is 1.67. The first-order valence-corrected chi connectivity index (χ1v) is 6.41. The maximum absolute atomic E-state index is 11.9. The number of carbonyl (C=O) groups excluding carboxylic acids is 1. The number of nitrogen functional groups attached to an aromatic ring is 1. The molecular weight excluding hydrogens is 274 g/mol. The van der Waals surface area contributed by atoms with Crippen LogP contribution >= 0.6 is 11.6 Å². The number of nitrogens with one attached hydrogen (secondary N) is 1. The maximum atomic E-state index is 11.9. The van der Waals surface area contributed by atoms with E-state index in [0.29, 0.717) is 22.0 Å². The molecule has 0 aliphatic carbocycles. The Bertz CT molecular complexity index is 668. The second kappa shape index (κ2) is 6.21. The van der Waals surface area contributed by atoms with Gasteiger partial charge in [-0.2, -0.15) is 5.10 Å². The van der Waals surface area contributed by atoms with Crippen LogP contribution in [0.1, 0.15) is 22.8 Å². The molecule has 5 heteroatoms. The van der Waals surface area contributed by atoms with Crippen LogP contribution in [-0.4, -0.2) is 11.6 Å². The van der Waals surface area contributed by atoms with Crippen molar-refractivity contribution in [1.82, 2.24) is 5.43 Å². The summed E-state index contributed by atoms with van der Waals surface area (Å²) in [4.78, 5) is 11.9. The number of nitrogens with zero attached hydrogens (tertiary/aromatic N) is 1. The van der Waals surface area contributed by atoms with Crippen molar-refractivity contribution >= 4 is 28.9 Å². The number of halogens is 1. The number of hydrogen-bond acceptors (Lipinski definition) is 3. The van der Waals surface area contributed by atoms with Crippen LogP contribution in [0.4, 0.5) is 5.69 Å². The predicted molar refractivity (Wildman–Crippen MR) is 82.0 cm³/mol. The van der Waals surface area contributed by atoms with Gasteiger partial charge < -0.3 is 5.73 Å². The summed E-state index contributed by atoms with van der Waals surface area (Å²) in [5, 5.41) is 4.45. The first-order chi connectivity index (χ1) is 9.58. The number of rotatable bonds is 3. The van der Waals surface area contributed by atoms with Crippen molar-refractivity contribution in [2.24, 2.45) is 5.10 Å². The molecule has 0 radical (unpaired) electrons. The van der Waals surface area contributed by atoms with Crippen molar-refractivity contribution in [2.45, 2.75) is 6.92 Å². The van der Waals surface area contributed by atoms with E-state index in [1.165, 1.54) is 0 Å². The third kappa shape index (κ3) is 3.36. The molecule has 0 saturated heterocycles. The van der Waals surface area contributed by atoms with Gasteiger partial charge in [-0.25, -0.2) is 5.43 Å². The molecule has 0 bridgehead atoms. The number of hydrogen-bond donors (Lipinski definition) is 2. The molecule has 0 aliphatic heterocycles. The first-order valence-electron chi connectivity index (χ1n) is 6.03. The van der Waals surface area contributed by atoms with Crippen LogP contribution in [0.25, 0.3) is 0 Å². The van der Waals surface area contributed by atoms with Crippen molar-refractivity contribution in [2.75, 3.05) is 5.73 Å². The topological polar surface area (TPSA) is 67.5 Å². The van der Waals surface area contributed by atoms with Gasteiger partial charge in [0.05, 0.1) is 16.3 Å². The van der Waals surface area contributed by atoms with Gasteiger partial charge in [-0.1, -0.05) is 35.9 Å². The van der Waals surface area contributed by atoms with Crippen molar-refractivity contribution in [1.29, 1.82) is 0 Å². The molecule has 2 aromatic carbocycles. The van der Waals surface area contributed by atoms with E-state index in [9.17, 15) is 4.79 Å². The molecule has 2 rings (SSSR count). The molecule has 0 aromatic heterocycles. The fourth-order valence-corrected chi connectivity index (χ4v) is 1.89. The van der Waals surface area contributed by atoms with Gasteiger partial charge in [-0.3, -0.25) is 4.79 Å². The molecule has 0 unspecified atom stereocenters. The van der Waals surface area contributed by atoms with Gasteiger partial charge in [0.2, 0.25) is 0 Å². The number of hydrazone groups is 1. The van der Waals surface area contributed by atoms with Crippen LogP contribution in [0.5, 0.6) is 0 Å². The zero-order chi connectivity index (χ0) is 14.5. The van der Waals surface area contributed by atoms with E-state index in [-0.39, 0.29) is 5.91 Å². The summed E-state index contributed by atoms with van der Waals surface area (Å²) in [7, 11) is 0. The van der Waals surface area contributed by atoms with Crippen LogP contribution < -0.4 is 11.2 Å². The summed E-state index contributed by atoms with van der Waals surface area (Å²) < 4.78 is 0. The van der Waals surface area contributed by atoms with Gasteiger partial charge in [-0.05, 0) is 36.8 Å². The Balaban J connectivity index is 2.13. The Morgan fingerprint density at radius 1 is 1.20 bits per heavy atom. The minimum absolute atomic E-state index is 0.348. The highest BCUT2D eigenvalue weighted by molar-refractivity contribution is 6.33. The average molecular weight is 288 g/mol. The van der Waals surface area contributed by atoms with Crippen LogP contribution in [0.15, 0.2) is 53.6 Å². The summed E-state index contributed by atoms with van der Waals surface area (Å²) in [6.07, 6.45) is 0. The molecule has 102 valence electrons. The van der Waals surface area contributed by atoms with Crippen LogP contribution in [0, 0.1) is 0 Å². The van der Waals surface area contributed by atoms with E-state index in [2.05, 4.69) is 10.5 Å². The average Bonchev–Trinajstić information content (AvgIpc) is 2.45. The lowest BCUT2D eigenvalue weighted by atomic mass is 10.1. The molecule has 0 heterocycles. The van der Waals surface area contributed by atoms with E-state index in [1.807, 2.05) is 12.1 Å². The van der Waals surface area contributed by atoms with Crippen molar-refractivity contribution in [3.05, 3.63) is 64.7 Å². The molecule has 0 aliphatic rings. The first kappa shape index (κ1) is 14.1. The maximum Gasteiger partial charge on any atom is 0.272 e. The molecule has 0 atom stereocenters. The van der Waals surface area contributed by atoms with E-state index >= 15 is 0 Å². The van der Waals surface area contributed by atoms with Gasteiger partial charge in [0.25, 0.3) is 5.91 Å². The Hall–Kier alpha value is -2.33. The Morgan fingerprint density at radius 3 is 2.65 bits per heavy atom. The summed E-state index contributed by atoms with van der Waals surface area (Å²) in [6.45, 7) is 1.79. The standard InChI is InChI=1S/C15H14ClN3O/c1-10(11-5-4-6-12(17)9-11)18-19-15(20)13-7-2-3-8-14(13)16/h2-9H,17H2,1H3,(H,19,20)/b18-10+. The highest BCUT2D eigenvalue weighted by atomic mass is 35.5. The van der Waals surface area contributed by atoms with Gasteiger partial charge in [0, 0.05) is 5.69 Å². The summed E-state index contributed by atoms with van der Waals surface area (Å²) in [5.41, 5.74) is 10.7. The quantitative estimate of drug-likeness (QED) is 0.517. The molecule has 0 fully saturated rings. The van der Waals surface area contributed by atoms with Gasteiger partial charge in [0.15, 0.2) is 0 Å². The summed E-state index contributed by atoms with van der Waals surface area (Å²) in [5.74, 6) is -0.348. The molecule has 4 nitrogen and oxygen atoms in total. The Labute approximate surface area is 122 Å². The van der Waals surface area contributed by atoms with Gasteiger partial charge in [-0.15, -0.1) is 0 Å². The number of amides is 1. The van der Waals surface area contributed by atoms with Gasteiger partial charge >= 0.3 is 0 Å². The highest BCUT2D eigenvalue weighted by Gasteiger charge is 2.08. The van der Waals surface area contributed by atoms with E-state index in [1.54, 1.807) is 43.3 Å².